The van der Waals surface area contributed by atoms with Crippen molar-refractivity contribution in [2.45, 2.75) is 40.3 Å². The van der Waals surface area contributed by atoms with Crippen molar-refractivity contribution < 1.29 is 4.79 Å². The average Bonchev–Trinajstić information content (AvgIpc) is 2.72. The summed E-state index contributed by atoms with van der Waals surface area (Å²) in [7, 11) is 0. The lowest BCUT2D eigenvalue weighted by Gasteiger charge is -2.35. The van der Waals surface area contributed by atoms with Crippen LogP contribution in [0.1, 0.15) is 38.3 Å². The van der Waals surface area contributed by atoms with E-state index in [1.807, 2.05) is 26.8 Å². The number of anilines is 1. The number of halogens is 1. The van der Waals surface area contributed by atoms with Crippen LogP contribution >= 0.6 is 15.9 Å². The van der Waals surface area contributed by atoms with Crippen LogP contribution in [0, 0.1) is 5.41 Å². The van der Waals surface area contributed by atoms with E-state index in [1.165, 1.54) is 5.56 Å². The molecule has 0 aliphatic carbocycles. The van der Waals surface area contributed by atoms with Gasteiger partial charge >= 0.3 is 0 Å². The summed E-state index contributed by atoms with van der Waals surface area (Å²) in [6, 6.07) is 12.6. The van der Waals surface area contributed by atoms with E-state index >= 15 is 0 Å². The van der Waals surface area contributed by atoms with Gasteiger partial charge in [0.15, 0.2) is 0 Å². The summed E-state index contributed by atoms with van der Waals surface area (Å²) >= 11 is 3.62. The molecule has 0 spiro atoms. The summed E-state index contributed by atoms with van der Waals surface area (Å²) in [6.45, 7) is 12.0. The highest BCUT2D eigenvalue weighted by atomic mass is 79.9. The molecular weight excluding hydrogens is 428 g/mol. The van der Waals surface area contributed by atoms with Crippen LogP contribution in [0.5, 0.6) is 0 Å². The fourth-order valence-corrected chi connectivity index (χ4v) is 3.65. The number of pyridine rings is 1. The molecule has 1 aromatic carbocycles. The van der Waals surface area contributed by atoms with Crippen molar-refractivity contribution in [2.75, 3.05) is 31.5 Å². The Kier molecular flexibility index (Phi) is 7.44. The molecule has 2 aromatic rings. The van der Waals surface area contributed by atoms with Crippen LogP contribution in [0.3, 0.4) is 0 Å². The van der Waals surface area contributed by atoms with Gasteiger partial charge in [-0.25, -0.2) is 4.98 Å². The summed E-state index contributed by atoms with van der Waals surface area (Å²) in [4.78, 5) is 21.8. The van der Waals surface area contributed by atoms with Crippen LogP contribution in [0.2, 0.25) is 0 Å². The lowest BCUT2D eigenvalue weighted by molar-refractivity contribution is -0.124. The third-order valence-electron chi connectivity index (χ3n) is 5.78. The fraction of sp³-hybridized carbons (Fsp3) is 0.478. The second kappa shape index (κ2) is 9.83. The third-order valence-corrected chi connectivity index (χ3v) is 6.50. The Balaban J connectivity index is 1.56. The van der Waals surface area contributed by atoms with Gasteiger partial charge in [0.05, 0.1) is 0 Å². The normalized spacial score (nSPS) is 16.0. The topological polar surface area (TPSA) is 48.5 Å². The highest BCUT2D eigenvalue weighted by Crippen LogP contribution is 2.25. The van der Waals surface area contributed by atoms with Crippen molar-refractivity contribution in [1.29, 1.82) is 0 Å². The smallest absolute Gasteiger partial charge is 0.231 e. The molecule has 1 fully saturated rings. The number of carbonyl (C=O) groups excluding carboxylic acids is 1. The van der Waals surface area contributed by atoms with Crippen LogP contribution < -0.4 is 5.32 Å². The molecule has 0 atom stereocenters. The quantitative estimate of drug-likeness (QED) is 0.661. The molecule has 5 nitrogen and oxygen atoms in total. The number of rotatable bonds is 7. The minimum Gasteiger partial charge on any atom is -0.310 e. The second-order valence-corrected chi connectivity index (χ2v) is 9.24. The van der Waals surface area contributed by atoms with Crippen molar-refractivity contribution >= 4 is 27.7 Å². The lowest BCUT2D eigenvalue weighted by Crippen LogP contribution is -2.45. The first-order valence-corrected chi connectivity index (χ1v) is 11.1. The highest BCUT2D eigenvalue weighted by molar-refractivity contribution is 9.10. The van der Waals surface area contributed by atoms with Crippen molar-refractivity contribution in [3.05, 3.63) is 58.2 Å². The Hall–Kier alpha value is -1.76. The fourth-order valence-electron chi connectivity index (χ4n) is 3.30. The maximum absolute atomic E-state index is 12.5. The third kappa shape index (κ3) is 6.11. The molecule has 1 aliphatic rings. The molecule has 1 amide bonds. The van der Waals surface area contributed by atoms with Crippen LogP contribution in [-0.4, -0.2) is 46.9 Å². The Morgan fingerprint density at radius 2 is 1.72 bits per heavy atom. The zero-order chi connectivity index (χ0) is 20.9. The molecule has 1 aromatic heterocycles. The van der Waals surface area contributed by atoms with E-state index in [4.69, 9.17) is 0 Å². The number of amides is 1. The van der Waals surface area contributed by atoms with Gasteiger partial charge in [0, 0.05) is 55.4 Å². The Labute approximate surface area is 182 Å². The monoisotopic (exact) mass is 458 g/mol. The van der Waals surface area contributed by atoms with E-state index in [1.54, 1.807) is 6.20 Å². The van der Waals surface area contributed by atoms with Crippen molar-refractivity contribution in [3.63, 3.8) is 0 Å². The SMILES string of the molecule is CCC(C)(C)C(=O)Nc1cc(CN2CCN(Cc3ccccc3)CC2)c(Br)cn1. The number of carbonyl (C=O) groups is 1. The summed E-state index contributed by atoms with van der Waals surface area (Å²) in [5.74, 6) is 0.632. The summed E-state index contributed by atoms with van der Waals surface area (Å²) in [5, 5.41) is 2.97. The molecular formula is C23H31BrN4O. The minimum atomic E-state index is -0.399. The number of hydrogen-bond donors (Lipinski definition) is 1. The molecule has 0 bridgehead atoms. The van der Waals surface area contributed by atoms with E-state index < -0.39 is 5.41 Å². The first kappa shape index (κ1) is 21.9. The van der Waals surface area contributed by atoms with Gasteiger partial charge in [-0.15, -0.1) is 0 Å². The van der Waals surface area contributed by atoms with Crippen LogP contribution in [0.4, 0.5) is 5.82 Å². The van der Waals surface area contributed by atoms with Crippen LogP contribution in [-0.2, 0) is 17.9 Å². The number of nitrogens with one attached hydrogen (secondary N) is 1. The first-order valence-electron chi connectivity index (χ1n) is 10.3. The van der Waals surface area contributed by atoms with E-state index in [-0.39, 0.29) is 5.91 Å². The summed E-state index contributed by atoms with van der Waals surface area (Å²) in [5.41, 5.74) is 2.12. The van der Waals surface area contributed by atoms with E-state index in [0.29, 0.717) is 5.82 Å². The van der Waals surface area contributed by atoms with Crippen LogP contribution in [0.25, 0.3) is 0 Å². The minimum absolute atomic E-state index is 0.00954. The van der Waals surface area contributed by atoms with Gasteiger partial charge in [-0.2, -0.15) is 0 Å². The maximum atomic E-state index is 12.5. The molecule has 6 heteroatoms. The molecule has 1 N–H and O–H groups in total. The molecule has 1 aliphatic heterocycles. The van der Waals surface area contributed by atoms with Gasteiger partial charge in [0.25, 0.3) is 0 Å². The summed E-state index contributed by atoms with van der Waals surface area (Å²) < 4.78 is 0.983. The second-order valence-electron chi connectivity index (χ2n) is 8.39. The van der Waals surface area contributed by atoms with Gasteiger partial charge in [-0.1, -0.05) is 51.1 Å². The van der Waals surface area contributed by atoms with Gasteiger partial charge in [-0.3, -0.25) is 14.6 Å². The number of nitrogens with zero attached hydrogens (tertiary/aromatic N) is 3. The zero-order valence-electron chi connectivity index (χ0n) is 17.6. The number of piperazine rings is 1. The number of hydrogen-bond acceptors (Lipinski definition) is 4. The standard InChI is InChI=1S/C23H31BrN4O/c1-4-23(2,3)22(29)26-21-14-19(20(24)15-25-21)17-28-12-10-27(11-13-28)16-18-8-6-5-7-9-18/h5-9,14-15H,4,10-13,16-17H2,1-3H3,(H,25,26,29). The van der Waals surface area contributed by atoms with Gasteiger partial charge in [0.2, 0.25) is 5.91 Å². The predicted molar refractivity (Wildman–Crippen MR) is 122 cm³/mol. The molecule has 0 radical (unpaired) electrons. The predicted octanol–water partition coefficient (Wildman–Crippen LogP) is 4.54. The molecule has 156 valence electrons. The Morgan fingerprint density at radius 3 is 2.34 bits per heavy atom. The van der Waals surface area contributed by atoms with Gasteiger partial charge < -0.3 is 5.32 Å². The molecule has 1 saturated heterocycles. The lowest BCUT2D eigenvalue weighted by atomic mass is 9.89. The first-order chi connectivity index (χ1) is 13.9. The maximum Gasteiger partial charge on any atom is 0.231 e. The largest absolute Gasteiger partial charge is 0.310 e. The van der Waals surface area contributed by atoms with Crippen molar-refractivity contribution in [3.8, 4) is 0 Å². The Bertz CT molecular complexity index is 817. The average molecular weight is 459 g/mol. The number of aromatic nitrogens is 1. The van der Waals surface area contributed by atoms with Gasteiger partial charge in [-0.05, 0) is 39.5 Å². The van der Waals surface area contributed by atoms with Crippen LogP contribution in [0.15, 0.2) is 47.1 Å². The van der Waals surface area contributed by atoms with E-state index in [0.717, 1.165) is 55.7 Å². The van der Waals surface area contributed by atoms with E-state index in [2.05, 4.69) is 66.4 Å². The van der Waals surface area contributed by atoms with Crippen molar-refractivity contribution in [2.24, 2.45) is 5.41 Å². The molecule has 2 heterocycles. The summed E-state index contributed by atoms with van der Waals surface area (Å²) in [6.07, 6.45) is 2.57. The number of benzene rings is 1. The van der Waals surface area contributed by atoms with E-state index in [9.17, 15) is 4.79 Å². The molecule has 0 unspecified atom stereocenters. The molecule has 3 rings (SSSR count). The van der Waals surface area contributed by atoms with Crippen molar-refractivity contribution in [1.82, 2.24) is 14.8 Å². The highest BCUT2D eigenvalue weighted by Gasteiger charge is 2.26. The Morgan fingerprint density at radius 1 is 1.10 bits per heavy atom. The molecule has 29 heavy (non-hydrogen) atoms. The van der Waals surface area contributed by atoms with Gasteiger partial charge in [0.1, 0.15) is 5.82 Å². The zero-order valence-corrected chi connectivity index (χ0v) is 19.2. The molecule has 0 saturated carbocycles.